The summed E-state index contributed by atoms with van der Waals surface area (Å²) >= 11 is 13.2. The summed E-state index contributed by atoms with van der Waals surface area (Å²) in [6.45, 7) is 0.467. The quantitative estimate of drug-likeness (QED) is 0.924. The van der Waals surface area contributed by atoms with Crippen molar-refractivity contribution in [3.63, 3.8) is 0 Å². The lowest BCUT2D eigenvalue weighted by Gasteiger charge is -2.12. The molecule has 2 rings (SSSR count). The molecule has 0 bridgehead atoms. The molecule has 15 heavy (non-hydrogen) atoms. The largest absolute Gasteiger partial charge is 0.328 e. The van der Waals surface area contributed by atoms with Crippen molar-refractivity contribution >= 4 is 34.5 Å². The molecule has 0 spiro atoms. The van der Waals surface area contributed by atoms with E-state index >= 15 is 0 Å². The van der Waals surface area contributed by atoms with Crippen LogP contribution in [0.25, 0.3) is 0 Å². The second-order valence-corrected chi connectivity index (χ2v) is 5.22. The summed E-state index contributed by atoms with van der Waals surface area (Å²) < 4.78 is 2.51. The number of halogens is 2. The Morgan fingerprint density at radius 1 is 1.47 bits per heavy atom. The van der Waals surface area contributed by atoms with Crippen molar-refractivity contribution in [2.45, 2.75) is 6.04 Å². The highest BCUT2D eigenvalue weighted by atomic mass is 35.5. The van der Waals surface area contributed by atoms with Crippen LogP contribution in [0, 0.1) is 0 Å². The van der Waals surface area contributed by atoms with E-state index in [1.54, 1.807) is 17.1 Å². The van der Waals surface area contributed by atoms with Crippen molar-refractivity contribution in [2.24, 2.45) is 5.73 Å². The van der Waals surface area contributed by atoms with Gasteiger partial charge in [-0.1, -0.05) is 23.2 Å². The summed E-state index contributed by atoms with van der Waals surface area (Å²) in [7, 11) is 0. The molecule has 0 fully saturated rings. The highest BCUT2D eigenvalue weighted by molar-refractivity contribution is 7.16. The van der Waals surface area contributed by atoms with Gasteiger partial charge >= 0.3 is 0 Å². The zero-order valence-corrected chi connectivity index (χ0v) is 10.1. The Bertz CT molecular complexity index is 411. The SMILES string of the molecule is NCC(c1ccc(Cl)s1)n1cc(Cl)cn1. The van der Waals surface area contributed by atoms with E-state index < -0.39 is 0 Å². The molecule has 0 saturated carbocycles. The number of thiophene rings is 1. The third-order valence-corrected chi connectivity index (χ3v) is 3.56. The molecule has 2 heterocycles. The smallest absolute Gasteiger partial charge is 0.0983 e. The molecule has 6 heteroatoms. The second kappa shape index (κ2) is 4.53. The van der Waals surface area contributed by atoms with Gasteiger partial charge in [0.2, 0.25) is 0 Å². The van der Waals surface area contributed by atoms with Crippen LogP contribution in [0.4, 0.5) is 0 Å². The maximum atomic E-state index is 5.88. The Labute approximate surface area is 101 Å². The first-order chi connectivity index (χ1) is 7.20. The molecule has 1 atom stereocenters. The predicted octanol–water partition coefficient (Wildman–Crippen LogP) is 2.80. The van der Waals surface area contributed by atoms with Crippen LogP contribution in [-0.2, 0) is 0 Å². The third kappa shape index (κ3) is 2.34. The first-order valence-corrected chi connectivity index (χ1v) is 5.93. The molecule has 0 aromatic carbocycles. The van der Waals surface area contributed by atoms with Crippen LogP contribution in [0.2, 0.25) is 9.36 Å². The highest BCUT2D eigenvalue weighted by Gasteiger charge is 2.14. The van der Waals surface area contributed by atoms with Gasteiger partial charge < -0.3 is 5.73 Å². The molecule has 80 valence electrons. The van der Waals surface area contributed by atoms with Gasteiger partial charge in [-0.25, -0.2) is 0 Å². The molecule has 2 aromatic rings. The number of hydrogen-bond donors (Lipinski definition) is 1. The van der Waals surface area contributed by atoms with Gasteiger partial charge in [-0.3, -0.25) is 4.68 Å². The third-order valence-electron chi connectivity index (χ3n) is 2.04. The molecule has 0 saturated heterocycles. The van der Waals surface area contributed by atoms with Crippen LogP contribution in [0.15, 0.2) is 24.5 Å². The number of nitrogens with zero attached hydrogens (tertiary/aromatic N) is 2. The van der Waals surface area contributed by atoms with Crippen LogP contribution in [-0.4, -0.2) is 16.3 Å². The standard InChI is InChI=1S/C9H9Cl2N3S/c10-6-4-13-14(5-6)7(3-12)8-1-2-9(11)15-8/h1-2,4-5,7H,3,12H2. The molecular formula is C9H9Cl2N3S. The fourth-order valence-corrected chi connectivity index (χ4v) is 2.66. The van der Waals surface area contributed by atoms with Gasteiger partial charge in [-0.15, -0.1) is 11.3 Å². The molecule has 3 nitrogen and oxygen atoms in total. The average Bonchev–Trinajstić information content (AvgIpc) is 2.78. The molecule has 0 aliphatic heterocycles. The molecule has 1 unspecified atom stereocenters. The van der Waals surface area contributed by atoms with E-state index in [-0.39, 0.29) is 6.04 Å². The summed E-state index contributed by atoms with van der Waals surface area (Å²) in [6, 6.07) is 3.82. The van der Waals surface area contributed by atoms with Crippen LogP contribution in [0.5, 0.6) is 0 Å². The van der Waals surface area contributed by atoms with Crippen molar-refractivity contribution in [1.82, 2.24) is 9.78 Å². The Kier molecular flexibility index (Phi) is 3.31. The minimum absolute atomic E-state index is 0.00926. The fraction of sp³-hybridized carbons (Fsp3) is 0.222. The molecule has 0 amide bonds. The average molecular weight is 262 g/mol. The lowest BCUT2D eigenvalue weighted by Crippen LogP contribution is -2.19. The number of hydrogen-bond acceptors (Lipinski definition) is 3. The first kappa shape index (κ1) is 11.0. The normalized spacial score (nSPS) is 13.0. The van der Waals surface area contributed by atoms with Gasteiger partial charge in [0, 0.05) is 17.6 Å². The van der Waals surface area contributed by atoms with Crippen molar-refractivity contribution in [2.75, 3.05) is 6.54 Å². The molecule has 0 aliphatic carbocycles. The minimum atomic E-state index is 0.00926. The highest BCUT2D eigenvalue weighted by Crippen LogP contribution is 2.28. The zero-order valence-electron chi connectivity index (χ0n) is 7.73. The monoisotopic (exact) mass is 261 g/mol. The maximum absolute atomic E-state index is 5.88. The number of rotatable bonds is 3. The maximum Gasteiger partial charge on any atom is 0.0983 e. The van der Waals surface area contributed by atoms with E-state index in [4.69, 9.17) is 28.9 Å². The Hall–Kier alpha value is -0.550. The fourth-order valence-electron chi connectivity index (χ4n) is 1.35. The summed E-state index contributed by atoms with van der Waals surface area (Å²) in [4.78, 5) is 1.09. The zero-order chi connectivity index (χ0) is 10.8. The van der Waals surface area contributed by atoms with Crippen molar-refractivity contribution < 1.29 is 0 Å². The Balaban J connectivity index is 2.32. The van der Waals surface area contributed by atoms with E-state index in [1.807, 2.05) is 12.1 Å². The van der Waals surface area contributed by atoms with Gasteiger partial charge in [0.15, 0.2) is 0 Å². The summed E-state index contributed by atoms with van der Waals surface area (Å²) in [6.07, 6.45) is 3.35. The Morgan fingerprint density at radius 3 is 2.73 bits per heavy atom. The van der Waals surface area contributed by atoms with Gasteiger partial charge in [-0.2, -0.15) is 5.10 Å². The van der Waals surface area contributed by atoms with Crippen molar-refractivity contribution in [3.05, 3.63) is 38.8 Å². The number of aromatic nitrogens is 2. The first-order valence-electron chi connectivity index (χ1n) is 4.35. The summed E-state index contributed by atoms with van der Waals surface area (Å²) in [5.74, 6) is 0. The van der Waals surface area contributed by atoms with Gasteiger partial charge in [-0.05, 0) is 12.1 Å². The topological polar surface area (TPSA) is 43.8 Å². The minimum Gasteiger partial charge on any atom is -0.328 e. The molecule has 2 N–H and O–H groups in total. The Morgan fingerprint density at radius 2 is 2.27 bits per heavy atom. The molecular weight excluding hydrogens is 253 g/mol. The van der Waals surface area contributed by atoms with Gasteiger partial charge in [0.1, 0.15) is 0 Å². The van der Waals surface area contributed by atoms with Crippen molar-refractivity contribution in [3.8, 4) is 0 Å². The van der Waals surface area contributed by atoms with E-state index in [1.165, 1.54) is 11.3 Å². The van der Waals surface area contributed by atoms with Crippen molar-refractivity contribution in [1.29, 1.82) is 0 Å². The predicted molar refractivity (Wildman–Crippen MR) is 63.8 cm³/mol. The lowest BCUT2D eigenvalue weighted by molar-refractivity contribution is 0.540. The summed E-state index contributed by atoms with van der Waals surface area (Å²) in [5.41, 5.74) is 5.72. The molecule has 2 aromatic heterocycles. The van der Waals surface area contributed by atoms with E-state index in [9.17, 15) is 0 Å². The molecule has 0 radical (unpaired) electrons. The second-order valence-electron chi connectivity index (χ2n) is 3.03. The van der Waals surface area contributed by atoms with Gasteiger partial charge in [0.05, 0.1) is 21.6 Å². The van der Waals surface area contributed by atoms with E-state index in [0.29, 0.717) is 11.6 Å². The van der Waals surface area contributed by atoms with E-state index in [0.717, 1.165) is 9.21 Å². The van der Waals surface area contributed by atoms with E-state index in [2.05, 4.69) is 5.10 Å². The van der Waals surface area contributed by atoms with Gasteiger partial charge in [0.25, 0.3) is 0 Å². The number of nitrogens with two attached hydrogens (primary N) is 1. The van der Waals surface area contributed by atoms with Crippen LogP contribution in [0.1, 0.15) is 10.9 Å². The summed E-state index contributed by atoms with van der Waals surface area (Å²) in [5, 5.41) is 4.75. The van der Waals surface area contributed by atoms with Crippen LogP contribution >= 0.6 is 34.5 Å². The lowest BCUT2D eigenvalue weighted by atomic mass is 10.2. The van der Waals surface area contributed by atoms with Crippen LogP contribution in [0.3, 0.4) is 0 Å². The molecule has 0 aliphatic rings. The van der Waals surface area contributed by atoms with Crippen LogP contribution < -0.4 is 5.73 Å².